The highest BCUT2D eigenvalue weighted by Crippen LogP contribution is 2.29. The van der Waals surface area contributed by atoms with E-state index in [1.165, 1.54) is 37.1 Å². The lowest BCUT2D eigenvalue weighted by Gasteiger charge is -2.33. The van der Waals surface area contributed by atoms with Crippen LogP contribution >= 0.6 is 12.2 Å². The van der Waals surface area contributed by atoms with Crippen molar-refractivity contribution in [2.45, 2.75) is 19.8 Å². The lowest BCUT2D eigenvalue weighted by Crippen LogP contribution is -2.36. The third-order valence-electron chi connectivity index (χ3n) is 4.61. The number of benzene rings is 2. The number of rotatable bonds is 3. The summed E-state index contributed by atoms with van der Waals surface area (Å²) in [4.78, 5) is 14.5. The Balaban J connectivity index is 1.66. The summed E-state index contributed by atoms with van der Waals surface area (Å²) in [5, 5.41) is 5.98. The van der Waals surface area contributed by atoms with Crippen LogP contribution in [0.2, 0.25) is 0 Å². The SMILES string of the molecule is CC1CCN(c2ccccc2NC(=S)NC(=O)c2ccc(F)cc2)CC1. The molecule has 2 aromatic rings. The maximum absolute atomic E-state index is 13.0. The standard InChI is InChI=1S/C20H22FN3OS/c1-14-10-12-24(13-11-14)18-5-3-2-4-17(18)22-20(26)23-19(25)15-6-8-16(21)9-7-15/h2-9,14H,10-13H2,1H3,(H2,22,23,25,26). The molecule has 2 aromatic carbocycles. The monoisotopic (exact) mass is 371 g/mol. The van der Waals surface area contributed by atoms with Crippen molar-refractivity contribution >= 4 is 34.6 Å². The number of anilines is 2. The van der Waals surface area contributed by atoms with Crippen molar-refractivity contribution in [3.63, 3.8) is 0 Å². The van der Waals surface area contributed by atoms with Gasteiger partial charge in [-0.3, -0.25) is 10.1 Å². The van der Waals surface area contributed by atoms with Gasteiger partial charge in [0.05, 0.1) is 11.4 Å². The number of para-hydroxylation sites is 2. The van der Waals surface area contributed by atoms with Gasteiger partial charge in [-0.15, -0.1) is 0 Å². The van der Waals surface area contributed by atoms with E-state index in [1.807, 2.05) is 18.2 Å². The molecule has 2 N–H and O–H groups in total. The van der Waals surface area contributed by atoms with E-state index in [4.69, 9.17) is 12.2 Å². The van der Waals surface area contributed by atoms with Gasteiger partial charge in [0.15, 0.2) is 5.11 Å². The van der Waals surface area contributed by atoms with Gasteiger partial charge in [0.2, 0.25) is 0 Å². The second-order valence-electron chi connectivity index (χ2n) is 6.60. The fourth-order valence-corrected chi connectivity index (χ4v) is 3.24. The molecule has 0 unspecified atom stereocenters. The van der Waals surface area contributed by atoms with Gasteiger partial charge in [0, 0.05) is 18.7 Å². The predicted octanol–water partition coefficient (Wildman–Crippen LogP) is 4.19. The predicted molar refractivity (Wildman–Crippen MR) is 107 cm³/mol. The fraction of sp³-hybridized carbons (Fsp3) is 0.300. The number of piperidine rings is 1. The van der Waals surface area contributed by atoms with Crippen molar-refractivity contribution in [1.82, 2.24) is 5.32 Å². The average Bonchev–Trinajstić information content (AvgIpc) is 2.63. The number of hydrogen-bond donors (Lipinski definition) is 2. The van der Waals surface area contributed by atoms with Crippen molar-refractivity contribution in [2.24, 2.45) is 5.92 Å². The minimum atomic E-state index is -0.382. The highest BCUT2D eigenvalue weighted by atomic mass is 32.1. The van der Waals surface area contributed by atoms with Crippen molar-refractivity contribution in [3.8, 4) is 0 Å². The van der Waals surface area contributed by atoms with Crippen LogP contribution in [0.3, 0.4) is 0 Å². The van der Waals surface area contributed by atoms with E-state index in [-0.39, 0.29) is 16.8 Å². The zero-order chi connectivity index (χ0) is 18.5. The molecule has 1 aliphatic heterocycles. The minimum absolute atomic E-state index is 0.220. The van der Waals surface area contributed by atoms with Gasteiger partial charge in [0.1, 0.15) is 5.82 Å². The lowest BCUT2D eigenvalue weighted by molar-refractivity contribution is 0.0977. The first-order valence-electron chi connectivity index (χ1n) is 8.75. The number of nitrogens with zero attached hydrogens (tertiary/aromatic N) is 1. The van der Waals surface area contributed by atoms with Crippen LogP contribution in [0.1, 0.15) is 30.1 Å². The zero-order valence-corrected chi connectivity index (χ0v) is 15.5. The number of nitrogens with one attached hydrogen (secondary N) is 2. The molecule has 0 aliphatic carbocycles. The van der Waals surface area contributed by atoms with E-state index in [2.05, 4.69) is 28.5 Å². The molecule has 0 atom stereocenters. The molecule has 1 aliphatic rings. The van der Waals surface area contributed by atoms with Gasteiger partial charge in [0.25, 0.3) is 5.91 Å². The second kappa shape index (κ2) is 8.27. The Morgan fingerprint density at radius 1 is 1.12 bits per heavy atom. The van der Waals surface area contributed by atoms with Crippen LogP contribution in [0.4, 0.5) is 15.8 Å². The Morgan fingerprint density at radius 2 is 1.77 bits per heavy atom. The molecule has 0 saturated carbocycles. The van der Waals surface area contributed by atoms with Crippen LogP contribution < -0.4 is 15.5 Å². The molecular formula is C20H22FN3OS. The maximum atomic E-state index is 13.0. The van der Waals surface area contributed by atoms with E-state index >= 15 is 0 Å². The smallest absolute Gasteiger partial charge is 0.257 e. The lowest BCUT2D eigenvalue weighted by atomic mass is 9.98. The number of carbonyl (C=O) groups is 1. The van der Waals surface area contributed by atoms with Gasteiger partial charge >= 0.3 is 0 Å². The van der Waals surface area contributed by atoms with E-state index in [9.17, 15) is 9.18 Å². The summed E-state index contributed by atoms with van der Waals surface area (Å²) in [7, 11) is 0. The van der Waals surface area contributed by atoms with Gasteiger partial charge in [-0.05, 0) is 67.4 Å². The first kappa shape index (κ1) is 18.3. The third-order valence-corrected chi connectivity index (χ3v) is 4.81. The average molecular weight is 371 g/mol. The normalized spacial score (nSPS) is 14.8. The summed E-state index contributed by atoms with van der Waals surface area (Å²) in [6, 6.07) is 13.3. The summed E-state index contributed by atoms with van der Waals surface area (Å²) < 4.78 is 13.0. The molecule has 6 heteroatoms. The first-order chi connectivity index (χ1) is 12.5. The van der Waals surface area contributed by atoms with E-state index in [1.54, 1.807) is 0 Å². The maximum Gasteiger partial charge on any atom is 0.257 e. The van der Waals surface area contributed by atoms with Crippen molar-refractivity contribution < 1.29 is 9.18 Å². The number of carbonyl (C=O) groups excluding carboxylic acids is 1. The zero-order valence-electron chi connectivity index (χ0n) is 14.7. The summed E-state index contributed by atoms with van der Waals surface area (Å²) in [5.74, 6) is 0.00116. The van der Waals surface area contributed by atoms with Crippen LogP contribution in [-0.4, -0.2) is 24.1 Å². The minimum Gasteiger partial charge on any atom is -0.370 e. The number of halogens is 1. The molecule has 0 aromatic heterocycles. The Kier molecular flexibility index (Phi) is 5.83. The molecule has 0 spiro atoms. The highest BCUT2D eigenvalue weighted by molar-refractivity contribution is 7.80. The quantitative estimate of drug-likeness (QED) is 0.794. The van der Waals surface area contributed by atoms with E-state index in [0.717, 1.165) is 30.4 Å². The van der Waals surface area contributed by atoms with Gasteiger partial charge in [-0.2, -0.15) is 0 Å². The van der Waals surface area contributed by atoms with Gasteiger partial charge in [-0.25, -0.2) is 4.39 Å². The molecule has 4 nitrogen and oxygen atoms in total. The largest absolute Gasteiger partial charge is 0.370 e. The molecule has 1 heterocycles. The topological polar surface area (TPSA) is 44.4 Å². The summed E-state index contributed by atoms with van der Waals surface area (Å²) in [6.45, 7) is 4.30. The van der Waals surface area contributed by atoms with Crippen LogP contribution in [0.5, 0.6) is 0 Å². The van der Waals surface area contributed by atoms with Crippen molar-refractivity contribution in [2.75, 3.05) is 23.3 Å². The van der Waals surface area contributed by atoms with Gasteiger partial charge < -0.3 is 10.2 Å². The molecular weight excluding hydrogens is 349 g/mol. The number of amides is 1. The fourth-order valence-electron chi connectivity index (χ4n) is 3.03. The Labute approximate surface area is 158 Å². The molecule has 26 heavy (non-hydrogen) atoms. The van der Waals surface area contributed by atoms with Crippen molar-refractivity contribution in [1.29, 1.82) is 0 Å². The molecule has 1 amide bonds. The number of thiocarbonyl (C=S) groups is 1. The van der Waals surface area contributed by atoms with Crippen LogP contribution in [-0.2, 0) is 0 Å². The highest BCUT2D eigenvalue weighted by Gasteiger charge is 2.18. The van der Waals surface area contributed by atoms with Crippen LogP contribution in [0.15, 0.2) is 48.5 Å². The second-order valence-corrected chi connectivity index (χ2v) is 7.01. The Hall–Kier alpha value is -2.47. The number of hydrogen-bond acceptors (Lipinski definition) is 3. The van der Waals surface area contributed by atoms with E-state index < -0.39 is 0 Å². The molecule has 1 saturated heterocycles. The van der Waals surface area contributed by atoms with Crippen LogP contribution in [0.25, 0.3) is 0 Å². The molecule has 0 bridgehead atoms. The van der Waals surface area contributed by atoms with Crippen molar-refractivity contribution in [3.05, 3.63) is 59.9 Å². The summed E-state index contributed by atoms with van der Waals surface area (Å²) in [5.41, 5.74) is 2.30. The third kappa shape index (κ3) is 4.58. The first-order valence-corrected chi connectivity index (χ1v) is 9.15. The summed E-state index contributed by atoms with van der Waals surface area (Å²) in [6.07, 6.45) is 2.33. The molecule has 136 valence electrons. The summed E-state index contributed by atoms with van der Waals surface area (Å²) >= 11 is 5.28. The molecule has 1 fully saturated rings. The molecule has 3 rings (SSSR count). The molecule has 0 radical (unpaired) electrons. The van der Waals surface area contributed by atoms with E-state index in [0.29, 0.717) is 5.56 Å². The van der Waals surface area contributed by atoms with Crippen LogP contribution in [0, 0.1) is 11.7 Å². The Bertz CT molecular complexity index is 786. The van der Waals surface area contributed by atoms with Gasteiger partial charge in [-0.1, -0.05) is 19.1 Å². The Morgan fingerprint density at radius 3 is 2.46 bits per heavy atom.